The van der Waals surface area contributed by atoms with Crippen molar-refractivity contribution in [2.24, 2.45) is 0 Å². The molecular formula is C18H19Cl2N3O3S. The lowest BCUT2D eigenvalue weighted by Crippen LogP contribution is -2.45. The summed E-state index contributed by atoms with van der Waals surface area (Å²) in [5.41, 5.74) is 0.210. The summed E-state index contributed by atoms with van der Waals surface area (Å²) in [6.45, 7) is 1.65. The van der Waals surface area contributed by atoms with Crippen molar-refractivity contribution in [1.82, 2.24) is 10.6 Å². The molecule has 1 aliphatic rings. The van der Waals surface area contributed by atoms with E-state index in [1.54, 1.807) is 18.2 Å². The molecule has 1 aliphatic heterocycles. The van der Waals surface area contributed by atoms with Crippen LogP contribution in [0.5, 0.6) is 0 Å². The van der Waals surface area contributed by atoms with Crippen LogP contribution in [0.4, 0.5) is 5.69 Å². The predicted octanol–water partition coefficient (Wildman–Crippen LogP) is 4.30. The lowest BCUT2D eigenvalue weighted by molar-refractivity contribution is -0.384. The van der Waals surface area contributed by atoms with Gasteiger partial charge in [0.05, 0.1) is 10.5 Å². The fraction of sp³-hybridized carbons (Fsp3) is 0.278. The number of carbonyl (C=O) groups is 1. The van der Waals surface area contributed by atoms with Crippen molar-refractivity contribution in [1.29, 1.82) is 0 Å². The second-order valence-electron chi connectivity index (χ2n) is 6.01. The van der Waals surface area contributed by atoms with Crippen molar-refractivity contribution >= 4 is 47.4 Å². The number of hydrogen-bond acceptors (Lipinski definition) is 5. The molecule has 0 saturated carbocycles. The molecule has 0 bridgehead atoms. The summed E-state index contributed by atoms with van der Waals surface area (Å²) < 4.78 is 0. The lowest BCUT2D eigenvalue weighted by Gasteiger charge is -2.24. The molecule has 1 saturated heterocycles. The van der Waals surface area contributed by atoms with Crippen LogP contribution in [0, 0.1) is 10.1 Å². The average Bonchev–Trinajstić information content (AvgIpc) is 2.64. The number of nitro benzene ring substituents is 1. The molecule has 1 amide bonds. The van der Waals surface area contributed by atoms with E-state index >= 15 is 0 Å². The Morgan fingerprint density at radius 3 is 2.63 bits per heavy atom. The molecule has 1 heterocycles. The molecule has 2 aromatic carbocycles. The number of carbonyl (C=O) groups excluding carboxylic acids is 1. The van der Waals surface area contributed by atoms with Gasteiger partial charge < -0.3 is 10.6 Å². The van der Waals surface area contributed by atoms with E-state index in [4.69, 9.17) is 11.6 Å². The van der Waals surface area contributed by atoms with Gasteiger partial charge in [0, 0.05) is 39.5 Å². The Morgan fingerprint density at radius 2 is 2.00 bits per heavy atom. The van der Waals surface area contributed by atoms with Crippen LogP contribution >= 0.6 is 35.8 Å². The number of rotatable bonds is 5. The maximum absolute atomic E-state index is 12.8. The summed E-state index contributed by atoms with van der Waals surface area (Å²) in [5.74, 6) is -0.293. The minimum atomic E-state index is -0.490. The van der Waals surface area contributed by atoms with Gasteiger partial charge in [0.1, 0.15) is 0 Å². The first kappa shape index (κ1) is 21.5. The topological polar surface area (TPSA) is 84.3 Å². The van der Waals surface area contributed by atoms with Gasteiger partial charge >= 0.3 is 0 Å². The Balaban J connectivity index is 0.00000261. The summed E-state index contributed by atoms with van der Waals surface area (Å²) >= 11 is 7.28. The number of hydrogen-bond donors (Lipinski definition) is 2. The molecule has 1 unspecified atom stereocenters. The van der Waals surface area contributed by atoms with Crippen molar-refractivity contribution in [3.8, 4) is 0 Å². The molecule has 3 rings (SSSR count). The van der Waals surface area contributed by atoms with Crippen molar-refractivity contribution in [2.75, 3.05) is 13.1 Å². The van der Waals surface area contributed by atoms with Crippen LogP contribution in [0.1, 0.15) is 23.2 Å². The van der Waals surface area contributed by atoms with Crippen LogP contribution in [0.2, 0.25) is 5.02 Å². The predicted molar refractivity (Wildman–Crippen MR) is 109 cm³/mol. The zero-order chi connectivity index (χ0) is 18.5. The quantitative estimate of drug-likeness (QED) is 0.548. The fourth-order valence-electron chi connectivity index (χ4n) is 2.77. The van der Waals surface area contributed by atoms with E-state index in [0.29, 0.717) is 22.0 Å². The zero-order valence-corrected chi connectivity index (χ0v) is 16.7. The SMILES string of the molecule is Cl.O=C(NC1CCCNC1)c1cc([N+](=O)[O-])ccc1Sc1ccc(Cl)cc1. The van der Waals surface area contributed by atoms with Crippen LogP contribution in [-0.2, 0) is 0 Å². The van der Waals surface area contributed by atoms with Crippen LogP contribution in [0.25, 0.3) is 0 Å². The highest BCUT2D eigenvalue weighted by Crippen LogP contribution is 2.33. The van der Waals surface area contributed by atoms with Gasteiger partial charge in [-0.25, -0.2) is 0 Å². The van der Waals surface area contributed by atoms with Crippen molar-refractivity contribution in [3.63, 3.8) is 0 Å². The van der Waals surface area contributed by atoms with Crippen LogP contribution in [-0.4, -0.2) is 30.0 Å². The van der Waals surface area contributed by atoms with Gasteiger partial charge in [-0.3, -0.25) is 14.9 Å². The maximum Gasteiger partial charge on any atom is 0.270 e. The third-order valence-corrected chi connectivity index (χ3v) is 5.43. The van der Waals surface area contributed by atoms with Gasteiger partial charge in [-0.15, -0.1) is 12.4 Å². The van der Waals surface area contributed by atoms with Crippen molar-refractivity contribution in [3.05, 3.63) is 63.2 Å². The molecule has 0 aliphatic carbocycles. The molecule has 2 N–H and O–H groups in total. The smallest absolute Gasteiger partial charge is 0.270 e. The minimum Gasteiger partial charge on any atom is -0.348 e. The normalized spacial score (nSPS) is 16.3. The Bertz CT molecular complexity index is 812. The van der Waals surface area contributed by atoms with E-state index in [0.717, 1.165) is 24.3 Å². The summed E-state index contributed by atoms with van der Waals surface area (Å²) in [6.07, 6.45) is 1.89. The molecule has 0 radical (unpaired) electrons. The number of nitrogens with one attached hydrogen (secondary N) is 2. The molecule has 144 valence electrons. The summed E-state index contributed by atoms with van der Waals surface area (Å²) in [5, 5.41) is 18.0. The highest BCUT2D eigenvalue weighted by atomic mass is 35.5. The first-order valence-corrected chi connectivity index (χ1v) is 9.46. The number of amides is 1. The van der Waals surface area contributed by atoms with E-state index in [9.17, 15) is 14.9 Å². The fourth-order valence-corrected chi connectivity index (χ4v) is 3.82. The van der Waals surface area contributed by atoms with E-state index < -0.39 is 4.92 Å². The monoisotopic (exact) mass is 427 g/mol. The van der Waals surface area contributed by atoms with Gasteiger partial charge in [-0.05, 0) is 49.7 Å². The third-order valence-electron chi connectivity index (χ3n) is 4.09. The minimum absolute atomic E-state index is 0. The molecule has 0 spiro atoms. The number of halogens is 2. The number of non-ortho nitro benzene ring substituents is 1. The number of nitro groups is 1. The maximum atomic E-state index is 12.8. The second kappa shape index (κ2) is 9.94. The van der Waals surface area contributed by atoms with E-state index in [1.165, 1.54) is 23.9 Å². The Kier molecular flexibility index (Phi) is 7.91. The lowest BCUT2D eigenvalue weighted by atomic mass is 10.1. The van der Waals surface area contributed by atoms with Gasteiger partial charge in [0.2, 0.25) is 0 Å². The van der Waals surface area contributed by atoms with Gasteiger partial charge in [-0.2, -0.15) is 0 Å². The summed E-state index contributed by atoms with van der Waals surface area (Å²) in [4.78, 5) is 24.9. The standard InChI is InChI=1S/C18H18ClN3O3S.ClH/c19-12-3-6-15(7-4-12)26-17-8-5-14(22(24)25)10-16(17)18(23)21-13-2-1-9-20-11-13;/h3-8,10,13,20H,1-2,9,11H2,(H,21,23);1H. The molecule has 6 nitrogen and oxygen atoms in total. The summed E-state index contributed by atoms with van der Waals surface area (Å²) in [7, 11) is 0. The Hall–Kier alpha value is -1.80. The third kappa shape index (κ3) is 5.84. The number of piperidine rings is 1. The van der Waals surface area contributed by atoms with Crippen molar-refractivity contribution < 1.29 is 9.72 Å². The zero-order valence-electron chi connectivity index (χ0n) is 14.3. The average molecular weight is 428 g/mol. The van der Waals surface area contributed by atoms with Crippen molar-refractivity contribution in [2.45, 2.75) is 28.7 Å². The molecule has 27 heavy (non-hydrogen) atoms. The van der Waals surface area contributed by atoms with Gasteiger partial charge in [-0.1, -0.05) is 23.4 Å². The first-order valence-electron chi connectivity index (χ1n) is 8.26. The largest absolute Gasteiger partial charge is 0.348 e. The molecule has 1 atom stereocenters. The molecule has 9 heteroatoms. The van der Waals surface area contributed by atoms with Crippen LogP contribution in [0.15, 0.2) is 52.3 Å². The van der Waals surface area contributed by atoms with Crippen LogP contribution in [0.3, 0.4) is 0 Å². The summed E-state index contributed by atoms with van der Waals surface area (Å²) in [6, 6.07) is 11.6. The first-order chi connectivity index (χ1) is 12.5. The van der Waals surface area contributed by atoms with E-state index in [1.807, 2.05) is 12.1 Å². The number of benzene rings is 2. The van der Waals surface area contributed by atoms with Crippen LogP contribution < -0.4 is 10.6 Å². The molecule has 1 fully saturated rings. The van der Waals surface area contributed by atoms with Gasteiger partial charge in [0.25, 0.3) is 11.6 Å². The molecular weight excluding hydrogens is 409 g/mol. The van der Waals surface area contributed by atoms with Gasteiger partial charge in [0.15, 0.2) is 0 Å². The molecule has 0 aromatic heterocycles. The Labute approximate surface area is 172 Å². The highest BCUT2D eigenvalue weighted by Gasteiger charge is 2.21. The van der Waals surface area contributed by atoms with E-state index in [-0.39, 0.29) is 30.0 Å². The molecule has 2 aromatic rings. The highest BCUT2D eigenvalue weighted by molar-refractivity contribution is 7.99. The van der Waals surface area contributed by atoms with E-state index in [2.05, 4.69) is 10.6 Å². The second-order valence-corrected chi connectivity index (χ2v) is 7.56. The number of nitrogens with zero attached hydrogens (tertiary/aromatic N) is 1. The Morgan fingerprint density at radius 1 is 1.26 bits per heavy atom.